The van der Waals surface area contributed by atoms with Crippen LogP contribution in [0.4, 0.5) is 0 Å². The lowest BCUT2D eigenvalue weighted by Gasteiger charge is -2.00. The average molecular weight is 154 g/mol. The Morgan fingerprint density at radius 3 is 3.09 bits per heavy atom. The molecule has 1 aliphatic carbocycles. The fourth-order valence-corrected chi connectivity index (χ4v) is 1.47. The van der Waals surface area contributed by atoms with Gasteiger partial charge < -0.3 is 9.47 Å². The molecule has 1 unspecified atom stereocenters. The van der Waals surface area contributed by atoms with Crippen molar-refractivity contribution < 1.29 is 14.3 Å². The second kappa shape index (κ2) is 2.26. The van der Waals surface area contributed by atoms with Crippen molar-refractivity contribution in [2.24, 2.45) is 11.8 Å². The van der Waals surface area contributed by atoms with Gasteiger partial charge in [0.15, 0.2) is 0 Å². The maximum Gasteiger partial charge on any atom is 0.313 e. The van der Waals surface area contributed by atoms with Crippen LogP contribution in [0.5, 0.6) is 0 Å². The van der Waals surface area contributed by atoms with Gasteiger partial charge in [0.25, 0.3) is 0 Å². The zero-order valence-electron chi connectivity index (χ0n) is 6.32. The molecular weight excluding hydrogens is 144 g/mol. The summed E-state index contributed by atoms with van der Waals surface area (Å²) < 4.78 is 9.97. The SMILES string of the molecule is CCOC(=O)[C@H]1C2C=CO[C@@H]21. The van der Waals surface area contributed by atoms with Gasteiger partial charge in [-0.1, -0.05) is 0 Å². The highest BCUT2D eigenvalue weighted by atomic mass is 16.5. The zero-order valence-corrected chi connectivity index (χ0v) is 6.32. The number of hydrogen-bond acceptors (Lipinski definition) is 3. The molecule has 1 heterocycles. The van der Waals surface area contributed by atoms with Crippen LogP contribution in [0, 0.1) is 11.8 Å². The summed E-state index contributed by atoms with van der Waals surface area (Å²) >= 11 is 0. The molecule has 1 saturated carbocycles. The first-order valence-electron chi connectivity index (χ1n) is 3.83. The van der Waals surface area contributed by atoms with Gasteiger partial charge in [0, 0.05) is 5.92 Å². The van der Waals surface area contributed by atoms with Crippen LogP contribution in [0.1, 0.15) is 6.92 Å². The van der Waals surface area contributed by atoms with Gasteiger partial charge in [-0.15, -0.1) is 0 Å². The third-order valence-corrected chi connectivity index (χ3v) is 2.10. The van der Waals surface area contributed by atoms with Crippen LogP contribution in [0.25, 0.3) is 0 Å². The van der Waals surface area contributed by atoms with E-state index in [4.69, 9.17) is 9.47 Å². The number of ether oxygens (including phenoxy) is 2. The molecule has 11 heavy (non-hydrogen) atoms. The molecular formula is C8H10O3. The Morgan fingerprint density at radius 1 is 1.73 bits per heavy atom. The summed E-state index contributed by atoms with van der Waals surface area (Å²) in [5, 5.41) is 0. The maximum atomic E-state index is 11.1. The minimum absolute atomic E-state index is 0.0139. The molecule has 0 bridgehead atoms. The average Bonchev–Trinajstić information content (AvgIpc) is 2.47. The molecule has 0 saturated heterocycles. The van der Waals surface area contributed by atoms with E-state index >= 15 is 0 Å². The highest BCUT2D eigenvalue weighted by Crippen LogP contribution is 2.47. The van der Waals surface area contributed by atoms with Crippen LogP contribution in [0.2, 0.25) is 0 Å². The van der Waals surface area contributed by atoms with Gasteiger partial charge in [-0.25, -0.2) is 0 Å². The van der Waals surface area contributed by atoms with Gasteiger partial charge >= 0.3 is 5.97 Å². The maximum absolute atomic E-state index is 11.1. The molecule has 0 spiro atoms. The summed E-state index contributed by atoms with van der Waals surface area (Å²) in [6.07, 6.45) is 3.67. The van der Waals surface area contributed by atoms with Crippen LogP contribution < -0.4 is 0 Å². The quantitative estimate of drug-likeness (QED) is 0.549. The lowest BCUT2D eigenvalue weighted by atomic mass is 10.3. The fraction of sp³-hybridized carbons (Fsp3) is 0.625. The molecule has 1 fully saturated rings. The Bertz CT molecular complexity index is 209. The topological polar surface area (TPSA) is 35.5 Å². The molecule has 0 aromatic heterocycles. The smallest absolute Gasteiger partial charge is 0.313 e. The number of rotatable bonds is 2. The van der Waals surface area contributed by atoms with Crippen molar-refractivity contribution >= 4 is 5.97 Å². The molecule has 0 aromatic rings. The lowest BCUT2D eigenvalue weighted by Crippen LogP contribution is -2.10. The van der Waals surface area contributed by atoms with E-state index in [0.717, 1.165) is 0 Å². The van der Waals surface area contributed by atoms with E-state index in [-0.39, 0.29) is 18.0 Å². The van der Waals surface area contributed by atoms with Crippen molar-refractivity contribution in [2.75, 3.05) is 6.61 Å². The van der Waals surface area contributed by atoms with E-state index in [1.165, 1.54) is 0 Å². The van der Waals surface area contributed by atoms with Crippen LogP contribution in [-0.2, 0) is 14.3 Å². The molecule has 0 N–H and O–H groups in total. The monoisotopic (exact) mass is 154 g/mol. The molecule has 60 valence electrons. The van der Waals surface area contributed by atoms with E-state index in [2.05, 4.69) is 0 Å². The molecule has 2 rings (SSSR count). The third kappa shape index (κ3) is 0.914. The minimum Gasteiger partial charge on any atom is -0.497 e. The molecule has 3 heteroatoms. The Morgan fingerprint density at radius 2 is 2.55 bits per heavy atom. The van der Waals surface area contributed by atoms with Crippen LogP contribution in [0.15, 0.2) is 12.3 Å². The van der Waals surface area contributed by atoms with Crippen molar-refractivity contribution in [3.05, 3.63) is 12.3 Å². The van der Waals surface area contributed by atoms with Crippen LogP contribution >= 0.6 is 0 Å². The molecule has 1 aliphatic heterocycles. The Kier molecular flexibility index (Phi) is 1.37. The van der Waals surface area contributed by atoms with Gasteiger partial charge in [0.1, 0.15) is 12.0 Å². The third-order valence-electron chi connectivity index (χ3n) is 2.10. The number of carbonyl (C=O) groups excluding carboxylic acids is 1. The molecule has 0 amide bonds. The lowest BCUT2D eigenvalue weighted by molar-refractivity contribution is -0.145. The van der Waals surface area contributed by atoms with E-state index < -0.39 is 0 Å². The summed E-state index contributed by atoms with van der Waals surface area (Å²) in [5.41, 5.74) is 0. The van der Waals surface area contributed by atoms with Crippen LogP contribution in [0.3, 0.4) is 0 Å². The van der Waals surface area contributed by atoms with Gasteiger partial charge in [0.05, 0.1) is 12.9 Å². The van der Waals surface area contributed by atoms with Crippen molar-refractivity contribution in [1.82, 2.24) is 0 Å². The van der Waals surface area contributed by atoms with E-state index in [1.807, 2.05) is 13.0 Å². The summed E-state index contributed by atoms with van der Waals surface area (Å²) in [6, 6.07) is 0. The Labute approximate surface area is 65.0 Å². The normalized spacial score (nSPS) is 37.7. The summed E-state index contributed by atoms with van der Waals surface area (Å²) in [4.78, 5) is 11.1. The number of carbonyl (C=O) groups is 1. The number of fused-ring (bicyclic) bond motifs is 1. The fourth-order valence-electron chi connectivity index (χ4n) is 1.47. The minimum atomic E-state index is -0.119. The number of esters is 1. The van der Waals surface area contributed by atoms with Gasteiger partial charge in [-0.05, 0) is 13.0 Å². The van der Waals surface area contributed by atoms with Crippen molar-refractivity contribution in [3.63, 3.8) is 0 Å². The summed E-state index contributed by atoms with van der Waals surface area (Å²) in [7, 11) is 0. The molecule has 3 atom stereocenters. The van der Waals surface area contributed by atoms with E-state index in [9.17, 15) is 4.79 Å². The van der Waals surface area contributed by atoms with Gasteiger partial charge in [-0.2, -0.15) is 0 Å². The second-order valence-corrected chi connectivity index (χ2v) is 2.78. The zero-order chi connectivity index (χ0) is 7.84. The van der Waals surface area contributed by atoms with Crippen molar-refractivity contribution in [3.8, 4) is 0 Å². The molecule has 0 aromatic carbocycles. The first-order valence-corrected chi connectivity index (χ1v) is 3.83. The first kappa shape index (κ1) is 6.70. The largest absolute Gasteiger partial charge is 0.497 e. The second-order valence-electron chi connectivity index (χ2n) is 2.78. The first-order chi connectivity index (χ1) is 5.34. The Balaban J connectivity index is 1.90. The molecule has 0 radical (unpaired) electrons. The van der Waals surface area contributed by atoms with Gasteiger partial charge in [0.2, 0.25) is 0 Å². The molecule has 3 nitrogen and oxygen atoms in total. The highest BCUT2D eigenvalue weighted by Gasteiger charge is 2.58. The van der Waals surface area contributed by atoms with Gasteiger partial charge in [-0.3, -0.25) is 4.79 Å². The highest BCUT2D eigenvalue weighted by molar-refractivity contribution is 5.78. The molecule has 2 aliphatic rings. The van der Waals surface area contributed by atoms with Crippen LogP contribution in [-0.4, -0.2) is 18.7 Å². The Hall–Kier alpha value is -0.990. The predicted molar refractivity (Wildman–Crippen MR) is 37.6 cm³/mol. The summed E-state index contributed by atoms with van der Waals surface area (Å²) in [6.45, 7) is 2.27. The van der Waals surface area contributed by atoms with E-state index in [0.29, 0.717) is 12.5 Å². The van der Waals surface area contributed by atoms with Crippen molar-refractivity contribution in [2.45, 2.75) is 13.0 Å². The number of hydrogen-bond donors (Lipinski definition) is 0. The summed E-state index contributed by atoms with van der Waals surface area (Å²) in [5.74, 6) is 0.167. The van der Waals surface area contributed by atoms with E-state index in [1.54, 1.807) is 6.26 Å². The predicted octanol–water partition coefficient (Wildman–Crippen LogP) is 0.708. The van der Waals surface area contributed by atoms with Crippen molar-refractivity contribution in [1.29, 1.82) is 0 Å². The standard InChI is InChI=1S/C8H10O3/c1-2-10-8(9)6-5-3-4-11-7(5)6/h3-7H,2H2,1H3/t5?,6-,7-/m0/s1.